The van der Waals surface area contributed by atoms with Gasteiger partial charge in [0.15, 0.2) is 9.84 Å². The van der Waals surface area contributed by atoms with E-state index >= 15 is 0 Å². The highest BCUT2D eigenvalue weighted by Crippen LogP contribution is 2.24. The summed E-state index contributed by atoms with van der Waals surface area (Å²) in [7, 11) is -1.84. The monoisotopic (exact) mass is 351 g/mol. The van der Waals surface area contributed by atoms with Crippen LogP contribution in [0.3, 0.4) is 0 Å². The Balaban J connectivity index is 2.22. The average molecular weight is 352 g/mol. The molecule has 1 unspecified atom stereocenters. The van der Waals surface area contributed by atoms with Gasteiger partial charge >= 0.3 is 0 Å². The first kappa shape index (κ1) is 16.3. The van der Waals surface area contributed by atoms with Gasteiger partial charge in [-0.2, -0.15) is 0 Å². The minimum atomic E-state index is -3.92. The van der Waals surface area contributed by atoms with Crippen LogP contribution in [0.15, 0.2) is 29.2 Å². The molecule has 1 heterocycles. The minimum Gasteiger partial charge on any atom is -0.346 e. The molecule has 6 nitrogen and oxygen atoms in total. The molecule has 0 saturated carbocycles. The van der Waals surface area contributed by atoms with Crippen LogP contribution in [-0.2, 0) is 18.9 Å². The topological polar surface area (TPSA) is 97.4 Å². The third-order valence-corrected chi connectivity index (χ3v) is 6.55. The molecule has 116 valence electrons. The summed E-state index contributed by atoms with van der Waals surface area (Å²) in [6.45, 7) is 1.65. The molecule has 21 heavy (non-hydrogen) atoms. The summed E-state index contributed by atoms with van der Waals surface area (Å²) in [6.07, 6.45) is 0.328. The fourth-order valence-electron chi connectivity index (χ4n) is 2.24. The molecule has 1 fully saturated rings. The molecule has 1 aliphatic heterocycles. The Kier molecular flexibility index (Phi) is 4.07. The summed E-state index contributed by atoms with van der Waals surface area (Å²) >= 11 is 0. The lowest BCUT2D eigenvalue weighted by Gasteiger charge is -2.23. The summed E-state index contributed by atoms with van der Waals surface area (Å²) < 4.78 is 45.5. The zero-order valence-electron chi connectivity index (χ0n) is 11.2. The Hall–Kier alpha value is -1.12. The maximum Gasteiger partial charge on any atom is 0.261 e. The first-order valence-corrected chi connectivity index (χ1v) is 10.2. The molecule has 1 aromatic carbocycles. The van der Waals surface area contributed by atoms with Crippen LogP contribution in [0.4, 0.5) is 0 Å². The van der Waals surface area contributed by atoms with Gasteiger partial charge in [-0.15, -0.1) is 0 Å². The van der Waals surface area contributed by atoms with Crippen molar-refractivity contribution in [2.75, 3.05) is 11.5 Å². The maximum atomic E-state index is 12.2. The molecule has 1 N–H and O–H groups in total. The predicted molar refractivity (Wildman–Crippen MR) is 78.6 cm³/mol. The third-order valence-electron chi connectivity index (χ3n) is 3.30. The summed E-state index contributed by atoms with van der Waals surface area (Å²) in [5.41, 5.74) is -0.728. The van der Waals surface area contributed by atoms with Crippen molar-refractivity contribution in [1.82, 2.24) is 5.32 Å². The van der Waals surface area contributed by atoms with Gasteiger partial charge in [0.05, 0.1) is 21.9 Å². The number of carbonyl (C=O) groups excluding carboxylic acids is 1. The molecule has 0 spiro atoms. The van der Waals surface area contributed by atoms with E-state index in [0.717, 1.165) is 6.07 Å². The van der Waals surface area contributed by atoms with E-state index in [-0.39, 0.29) is 22.0 Å². The highest BCUT2D eigenvalue weighted by molar-refractivity contribution is 8.13. The number of nitrogens with one attached hydrogen (secondary N) is 1. The van der Waals surface area contributed by atoms with E-state index in [1.165, 1.54) is 18.2 Å². The quantitative estimate of drug-likeness (QED) is 0.817. The van der Waals surface area contributed by atoms with Gasteiger partial charge in [-0.05, 0) is 31.5 Å². The summed E-state index contributed by atoms with van der Waals surface area (Å²) in [5.74, 6) is -0.629. The molecule has 1 aromatic rings. The van der Waals surface area contributed by atoms with E-state index in [1.807, 2.05) is 0 Å². The van der Waals surface area contributed by atoms with Crippen LogP contribution in [0.25, 0.3) is 0 Å². The van der Waals surface area contributed by atoms with Crippen molar-refractivity contribution in [1.29, 1.82) is 0 Å². The van der Waals surface area contributed by atoms with Crippen molar-refractivity contribution >= 4 is 35.5 Å². The fraction of sp³-hybridized carbons (Fsp3) is 0.417. The van der Waals surface area contributed by atoms with E-state index in [0.29, 0.717) is 6.42 Å². The third kappa shape index (κ3) is 3.96. The molecule has 0 aliphatic carbocycles. The van der Waals surface area contributed by atoms with Crippen molar-refractivity contribution in [3.8, 4) is 0 Å². The molecule has 9 heteroatoms. The lowest BCUT2D eigenvalue weighted by molar-refractivity contribution is 0.0915. The number of rotatable bonds is 3. The number of halogens is 1. The zero-order chi connectivity index (χ0) is 15.9. The second-order valence-electron chi connectivity index (χ2n) is 5.32. The number of carbonyl (C=O) groups is 1. The van der Waals surface area contributed by atoms with E-state index in [2.05, 4.69) is 5.32 Å². The molecule has 0 radical (unpaired) electrons. The van der Waals surface area contributed by atoms with Gasteiger partial charge in [-0.1, -0.05) is 6.07 Å². The molecule has 1 atom stereocenters. The van der Waals surface area contributed by atoms with Crippen molar-refractivity contribution in [3.63, 3.8) is 0 Å². The van der Waals surface area contributed by atoms with Gasteiger partial charge in [-0.3, -0.25) is 4.79 Å². The SMILES string of the molecule is CC1(NC(=O)c2cccc(S(=O)(=O)Cl)c2)CCS(=O)(=O)C1. The number of benzene rings is 1. The molecule has 1 saturated heterocycles. The highest BCUT2D eigenvalue weighted by atomic mass is 35.7. The van der Waals surface area contributed by atoms with Gasteiger partial charge < -0.3 is 5.32 Å². The van der Waals surface area contributed by atoms with Crippen LogP contribution < -0.4 is 5.32 Å². The van der Waals surface area contributed by atoms with Gasteiger partial charge in [0.25, 0.3) is 15.0 Å². The van der Waals surface area contributed by atoms with Crippen LogP contribution >= 0.6 is 10.7 Å². The van der Waals surface area contributed by atoms with Crippen molar-refractivity contribution in [3.05, 3.63) is 29.8 Å². The van der Waals surface area contributed by atoms with E-state index < -0.39 is 30.3 Å². The van der Waals surface area contributed by atoms with Crippen LogP contribution in [0.1, 0.15) is 23.7 Å². The predicted octanol–water partition coefficient (Wildman–Crippen LogP) is 0.921. The van der Waals surface area contributed by atoms with Crippen LogP contribution in [0, 0.1) is 0 Å². The van der Waals surface area contributed by atoms with Crippen molar-refractivity contribution < 1.29 is 21.6 Å². The second-order valence-corrected chi connectivity index (χ2v) is 10.1. The lowest BCUT2D eigenvalue weighted by atomic mass is 10.0. The normalized spacial score (nSPS) is 24.7. The van der Waals surface area contributed by atoms with Crippen molar-refractivity contribution in [2.24, 2.45) is 0 Å². The molecule has 0 bridgehead atoms. The number of hydrogen-bond donors (Lipinski definition) is 1. The maximum absolute atomic E-state index is 12.2. The van der Waals surface area contributed by atoms with Gasteiger partial charge in [0.1, 0.15) is 0 Å². The van der Waals surface area contributed by atoms with Crippen LogP contribution in [-0.4, -0.2) is 39.8 Å². The first-order valence-electron chi connectivity index (χ1n) is 6.09. The summed E-state index contributed by atoms with van der Waals surface area (Å²) in [6, 6.07) is 5.27. The molecular weight excluding hydrogens is 338 g/mol. The molecule has 2 rings (SSSR count). The average Bonchev–Trinajstić information content (AvgIpc) is 2.62. The van der Waals surface area contributed by atoms with Gasteiger partial charge in [-0.25, -0.2) is 16.8 Å². The number of sulfone groups is 1. The van der Waals surface area contributed by atoms with Crippen LogP contribution in [0.2, 0.25) is 0 Å². The molecule has 1 amide bonds. The zero-order valence-corrected chi connectivity index (χ0v) is 13.6. The van der Waals surface area contributed by atoms with E-state index in [9.17, 15) is 21.6 Å². The van der Waals surface area contributed by atoms with E-state index in [4.69, 9.17) is 10.7 Å². The van der Waals surface area contributed by atoms with Gasteiger partial charge in [0, 0.05) is 16.2 Å². The molecule has 0 aromatic heterocycles. The highest BCUT2D eigenvalue weighted by Gasteiger charge is 2.39. The summed E-state index contributed by atoms with van der Waals surface area (Å²) in [5, 5.41) is 2.65. The Morgan fingerprint density at radius 3 is 2.57 bits per heavy atom. The van der Waals surface area contributed by atoms with Crippen molar-refractivity contribution in [2.45, 2.75) is 23.8 Å². The molecular formula is C12H14ClNO5S2. The Bertz CT molecular complexity index is 788. The molecule has 1 aliphatic rings. The smallest absolute Gasteiger partial charge is 0.261 e. The Morgan fingerprint density at radius 1 is 1.38 bits per heavy atom. The largest absolute Gasteiger partial charge is 0.346 e. The standard InChI is InChI=1S/C12H14ClNO5S2/c1-12(5-6-20(16,17)8-12)14-11(15)9-3-2-4-10(7-9)21(13,18)19/h2-4,7H,5-6,8H2,1H3,(H,14,15). The Labute approximate surface area is 127 Å². The number of hydrogen-bond acceptors (Lipinski definition) is 5. The fourth-order valence-corrected chi connectivity index (χ4v) is 5.13. The second kappa shape index (κ2) is 5.26. The van der Waals surface area contributed by atoms with Gasteiger partial charge in [0.2, 0.25) is 0 Å². The number of amides is 1. The lowest BCUT2D eigenvalue weighted by Crippen LogP contribution is -2.46. The van der Waals surface area contributed by atoms with E-state index in [1.54, 1.807) is 6.92 Å². The first-order chi connectivity index (χ1) is 9.51. The Morgan fingerprint density at radius 2 is 2.05 bits per heavy atom. The summed E-state index contributed by atoms with van der Waals surface area (Å²) in [4.78, 5) is 12.0. The van der Waals surface area contributed by atoms with Crippen LogP contribution in [0.5, 0.6) is 0 Å². The minimum absolute atomic E-state index is 0.0277.